The molecule has 0 aliphatic heterocycles. The zero-order valence-electron chi connectivity index (χ0n) is 73.3. The minimum absolute atomic E-state index is 0.00998. The van der Waals surface area contributed by atoms with Crippen LogP contribution in [0.1, 0.15) is 196 Å². The van der Waals surface area contributed by atoms with E-state index in [-0.39, 0.29) is 25.9 Å². The third-order valence-corrected chi connectivity index (χ3v) is 23.0. The van der Waals surface area contributed by atoms with Crippen LogP contribution >= 0.6 is 0 Å². The van der Waals surface area contributed by atoms with Crippen LogP contribution in [0.15, 0.2) is 0 Å². The molecule has 132 heavy (non-hydrogen) atoms. The first kappa shape index (κ1) is 138. The highest BCUT2D eigenvalue weighted by molar-refractivity contribution is 7.88. The van der Waals surface area contributed by atoms with Crippen LogP contribution in [0.4, 0.5) is 79.0 Å². The van der Waals surface area contributed by atoms with Gasteiger partial charge in [0.25, 0.3) is 0 Å². The highest BCUT2D eigenvalue weighted by Gasteiger charge is 2.65. The fraction of sp³-hybridized carbons (Fsp3) is 0.846. The van der Waals surface area contributed by atoms with Crippen molar-refractivity contribution in [3.63, 3.8) is 0 Å². The Labute approximate surface area is 746 Å². The van der Waals surface area contributed by atoms with Crippen LogP contribution in [0.3, 0.4) is 0 Å². The maximum absolute atomic E-state index is 12.9. The zero-order chi connectivity index (χ0) is 108. The number of ether oxygens (including phenoxy) is 11. The molecule has 0 aliphatic rings. The van der Waals surface area contributed by atoms with E-state index in [9.17, 15) is 218 Å². The Morgan fingerprint density at radius 2 is 0.477 bits per heavy atom. The van der Waals surface area contributed by atoms with E-state index in [1.54, 1.807) is 62.3 Å². The topological polar surface area (TPSA) is 673 Å². The van der Waals surface area contributed by atoms with Gasteiger partial charge in [0.1, 0.15) is 19.8 Å². The second kappa shape index (κ2) is 52.9. The number of esters is 10. The predicted octanol–water partition coefficient (Wildman–Crippen LogP) is 7.95. The normalized spacial score (nSPS) is 13.6. The van der Waals surface area contributed by atoms with Crippen molar-refractivity contribution in [2.75, 3.05) is 66.3 Å². The molecule has 0 N–H and O–H groups in total. The Kier molecular flexibility index (Phi) is 55.2. The number of halogens is 18. The van der Waals surface area contributed by atoms with E-state index < -0.39 is 277 Å². The zero-order valence-corrected chi connectivity index (χ0v) is 79.0. The smallest absolute Gasteiger partial charge is 0.433 e. The molecule has 0 amide bonds. The summed E-state index contributed by atoms with van der Waals surface area (Å²) >= 11 is 0. The summed E-state index contributed by atoms with van der Waals surface area (Å²) in [6.07, 6.45) is -2.51. The van der Waals surface area contributed by atoms with Crippen LogP contribution in [0.5, 0.6) is 0 Å². The minimum Gasteiger partial charge on any atom is -0.743 e. The van der Waals surface area contributed by atoms with Crippen LogP contribution < -0.4 is 0 Å². The lowest BCUT2D eigenvalue weighted by Gasteiger charge is -2.29. The van der Waals surface area contributed by atoms with E-state index in [0.717, 1.165) is 0 Å². The van der Waals surface area contributed by atoms with Crippen LogP contribution in [-0.4, -0.2) is 266 Å². The molecule has 0 radical (unpaired) electrons. The molecule has 1 atom stereocenters. The predicted molar refractivity (Wildman–Crippen MR) is 396 cm³/mol. The van der Waals surface area contributed by atoms with Gasteiger partial charge in [0, 0.05) is 0 Å². The third-order valence-electron chi connectivity index (χ3n) is 17.1. The second-order valence-corrected chi connectivity index (χ2v) is 40.1. The van der Waals surface area contributed by atoms with Crippen molar-refractivity contribution in [2.45, 2.75) is 245 Å². The average molecular weight is 2120 g/mol. The number of rotatable bonds is 46. The number of hydrogen-bond acceptors (Lipinski definition) is 42. The summed E-state index contributed by atoms with van der Waals surface area (Å²) in [5.41, 5.74) is -5.42. The van der Waals surface area contributed by atoms with E-state index in [4.69, 9.17) is 4.74 Å². The van der Waals surface area contributed by atoms with E-state index in [1.807, 2.05) is 6.92 Å². The lowest BCUT2D eigenvalue weighted by molar-refractivity contribution is -0.320. The van der Waals surface area contributed by atoms with Crippen molar-refractivity contribution in [2.24, 2.45) is 38.4 Å². The number of hydrogen-bond donors (Lipinski definition) is 0. The van der Waals surface area contributed by atoms with Crippen molar-refractivity contribution in [1.29, 1.82) is 0 Å². The summed E-state index contributed by atoms with van der Waals surface area (Å²) in [6.45, 7) is 20.7. The molecule has 0 aliphatic carbocycles. The number of carbonyl (C=O) groups is 10. The fourth-order valence-corrected chi connectivity index (χ4v) is 7.22. The van der Waals surface area contributed by atoms with Crippen LogP contribution in [0.2, 0.25) is 0 Å². The van der Waals surface area contributed by atoms with Crippen molar-refractivity contribution in [3.05, 3.63) is 0 Å². The first-order chi connectivity index (χ1) is 58.0. The van der Waals surface area contributed by atoms with Crippen LogP contribution in [0, 0.1) is 38.4 Å². The summed E-state index contributed by atoms with van der Waals surface area (Å²) in [5, 5.41) is -36.4. The first-order valence-corrected chi connectivity index (χ1v) is 46.3. The monoisotopic (exact) mass is 2120 g/mol. The van der Waals surface area contributed by atoms with E-state index in [2.05, 4.69) is 47.4 Å². The van der Waals surface area contributed by atoms with Gasteiger partial charge in [0.05, 0.1) is 58.2 Å². The molecule has 786 valence electrons. The summed E-state index contributed by atoms with van der Waals surface area (Å²) in [4.78, 5) is 111. The highest BCUT2D eigenvalue weighted by Crippen LogP contribution is 2.41. The Hall–Kier alpha value is -7.23. The quantitative estimate of drug-likeness (QED) is 0.0139. The third kappa shape index (κ3) is 45.6. The van der Waals surface area contributed by atoms with Gasteiger partial charge < -0.3 is 84.0 Å². The lowest BCUT2D eigenvalue weighted by Crippen LogP contribution is -2.50. The SMILES string of the molecule is CCC(C)(C)C(=O)OCC(F)(F)C(F)(F)S(=O)(=O)[O-].CCC(C)(C)C(=O)OCC(F)(F)S(=O)(=O)[O-].CCC(C)(C)C(=O)OCCCCOC(=O)C(F)(F)S(=O)(=O)[O-].CCC(C)(C)C(=O)OCCOC(=O)C(F)(F)S(=O)(=O)[O-].CCC(C)(C)C(=O)OCCOC(F)(F)C(F)(F)S(=O)(=O)[O-].CCC(C)(C)C(=O)OCOC(=O)C(F)(F)S(=O)(=O)[O-].CCC(C)C(=O)OCC(F)(F)S(=O)(=O)[O-]. The maximum Gasteiger partial charge on any atom is 0.433 e. The number of carbonyl (C=O) groups excluding carboxylic acids is 10. The summed E-state index contributed by atoms with van der Waals surface area (Å²) < 4.78 is 486. The Balaban J connectivity index is -0.000000277. The molecule has 0 aromatic carbocycles. The summed E-state index contributed by atoms with van der Waals surface area (Å²) in [5.74, 6) is -19.2. The van der Waals surface area contributed by atoms with Crippen molar-refractivity contribution in [1.82, 2.24) is 0 Å². The Morgan fingerprint density at radius 1 is 0.265 bits per heavy atom. The minimum atomic E-state index is -6.61. The average Bonchev–Trinajstić information content (AvgIpc) is 0.774. The molecule has 0 aromatic rings. The fourth-order valence-electron chi connectivity index (χ4n) is 5.25. The van der Waals surface area contributed by atoms with Crippen LogP contribution in [0.25, 0.3) is 0 Å². The summed E-state index contributed by atoms with van der Waals surface area (Å²) in [7, 11) is -43.2. The van der Waals surface area contributed by atoms with Gasteiger partial charge >= 0.3 is 109 Å². The van der Waals surface area contributed by atoms with Gasteiger partial charge in [-0.1, -0.05) is 55.4 Å². The second-order valence-electron chi connectivity index (χ2n) is 30.0. The van der Waals surface area contributed by atoms with Gasteiger partial charge in [-0.3, -0.25) is 33.6 Å². The Bertz CT molecular complexity index is 4640. The molecule has 0 bridgehead atoms. The molecular formula is C65H99F18O42S7-7. The molecular weight excluding hydrogens is 2020 g/mol. The van der Waals surface area contributed by atoms with Gasteiger partial charge in [-0.05, 0) is 141 Å². The number of alkyl halides is 18. The molecule has 0 saturated carbocycles. The molecule has 0 spiro atoms. The molecule has 0 heterocycles. The van der Waals surface area contributed by atoms with E-state index in [1.165, 1.54) is 69.2 Å². The lowest BCUT2D eigenvalue weighted by atomic mass is 9.91. The highest BCUT2D eigenvalue weighted by atomic mass is 32.2. The van der Waals surface area contributed by atoms with E-state index >= 15 is 0 Å². The maximum atomic E-state index is 12.9. The standard InChI is InChI=1S/C12H20F2O7S.C10H16F4O6S.C10H16F2O7S.C9H14F4O5S.C9H14F2O7S.C8H14F2O5S.C7H12F2O5S/c1-4-11(2,3)9(15)20-7-5-6-8-21-10(16)12(13,14)22(17,18)19;1-4-8(2,3)7(15)19-5-6-20-9(11,12)10(13,14)21(16,17)18;1-4-9(2,3)7(13)18-5-6-19-8(14)10(11,12)20(15,16)17;1-4-7(2,3)6(14)18-5-8(10,11)9(12,13)19(15,16)17;1-4-8(2,3)6(12)17-5-18-7(13)9(10,11)19(14,15)16;1-4-7(2,3)6(11)15-5-8(9,10)16(12,13)14;1-3-5(2)6(10)14-4-7(8,9)15(11,12)13/h4-8H2,1-3H3,(H,17,18,19);4-6H2,1-3H3,(H,16,17,18);4-6H2,1-3H3,(H,15,16,17);4-5H2,1-3H3,(H,15,16,17);4-5H2,1-3H3,(H,14,15,16);4-5H2,1-3H3,(H,12,13,14);5H,3-4H2,1-2H3,(H,11,12,13)/p-7. The van der Waals surface area contributed by atoms with Gasteiger partial charge in [0.15, 0.2) is 90.6 Å². The molecule has 67 heteroatoms. The molecule has 1 unspecified atom stereocenters. The van der Waals surface area contributed by atoms with E-state index in [0.29, 0.717) is 38.5 Å². The first-order valence-electron chi connectivity index (χ1n) is 36.4. The number of unbranched alkanes of at least 4 members (excludes halogenated alkanes) is 1. The van der Waals surface area contributed by atoms with Gasteiger partial charge in [0.2, 0.25) is 6.79 Å². The molecule has 0 fully saturated rings. The Morgan fingerprint density at radius 3 is 0.727 bits per heavy atom. The van der Waals surface area contributed by atoms with Crippen molar-refractivity contribution >= 4 is 131 Å². The van der Waals surface area contributed by atoms with Gasteiger partial charge in [-0.25, -0.2) is 73.3 Å². The van der Waals surface area contributed by atoms with Crippen molar-refractivity contribution < 1.29 is 270 Å². The molecule has 0 rings (SSSR count). The van der Waals surface area contributed by atoms with Gasteiger partial charge in [-0.2, -0.15) is 79.0 Å². The largest absolute Gasteiger partial charge is 0.743 e. The molecule has 0 saturated heterocycles. The van der Waals surface area contributed by atoms with Gasteiger partial charge in [-0.15, -0.1) is 0 Å². The van der Waals surface area contributed by atoms with Crippen LogP contribution in [-0.2, 0) is 171 Å². The molecule has 0 aromatic heterocycles. The van der Waals surface area contributed by atoms with Crippen molar-refractivity contribution in [3.8, 4) is 0 Å². The molecule has 42 nitrogen and oxygen atoms in total. The summed E-state index contributed by atoms with van der Waals surface area (Å²) in [6, 6.07) is 0.